The van der Waals surface area contributed by atoms with Crippen molar-refractivity contribution in [2.45, 2.75) is 13.3 Å². The molecule has 6 nitrogen and oxygen atoms in total. The third-order valence-electron chi connectivity index (χ3n) is 2.43. The van der Waals surface area contributed by atoms with Crippen molar-refractivity contribution >= 4 is 11.8 Å². The number of phenols is 1. The highest BCUT2D eigenvalue weighted by atomic mass is 16.5. The Morgan fingerprint density at radius 1 is 1.32 bits per heavy atom. The second kappa shape index (κ2) is 7.25. The van der Waals surface area contributed by atoms with E-state index in [4.69, 9.17) is 4.74 Å². The summed E-state index contributed by atoms with van der Waals surface area (Å²) in [7, 11) is 1.46. The van der Waals surface area contributed by atoms with Crippen molar-refractivity contribution in [2.24, 2.45) is 0 Å². The number of amides is 2. The molecule has 2 amide bonds. The van der Waals surface area contributed by atoms with Gasteiger partial charge >= 0.3 is 0 Å². The van der Waals surface area contributed by atoms with Gasteiger partial charge in [-0.15, -0.1) is 0 Å². The third kappa shape index (κ3) is 4.50. The Balaban J connectivity index is 2.56. The summed E-state index contributed by atoms with van der Waals surface area (Å²) < 4.78 is 4.92. The van der Waals surface area contributed by atoms with Crippen LogP contribution in [0.5, 0.6) is 11.5 Å². The number of hydrogen-bond donors (Lipinski definition) is 3. The van der Waals surface area contributed by atoms with Gasteiger partial charge in [0, 0.05) is 12.6 Å². The lowest BCUT2D eigenvalue weighted by Gasteiger charge is -2.08. The summed E-state index contributed by atoms with van der Waals surface area (Å²) in [6, 6.07) is 4.34. The zero-order chi connectivity index (χ0) is 14.3. The van der Waals surface area contributed by atoms with Crippen molar-refractivity contribution in [1.82, 2.24) is 10.6 Å². The van der Waals surface area contributed by atoms with Crippen molar-refractivity contribution in [2.75, 3.05) is 20.2 Å². The number of carbonyl (C=O) groups is 2. The lowest BCUT2D eigenvalue weighted by atomic mass is 10.2. The predicted molar refractivity (Wildman–Crippen MR) is 70.3 cm³/mol. The quantitative estimate of drug-likeness (QED) is 0.705. The van der Waals surface area contributed by atoms with Crippen molar-refractivity contribution in [3.8, 4) is 11.5 Å². The molecule has 0 aliphatic carbocycles. The van der Waals surface area contributed by atoms with Crippen LogP contribution in [0.2, 0.25) is 0 Å². The number of rotatable bonds is 6. The molecule has 0 saturated heterocycles. The summed E-state index contributed by atoms with van der Waals surface area (Å²) in [5.74, 6) is -0.504. The standard InChI is InChI=1S/C13H18N2O4/c1-3-6-14-12(17)8-15-13(18)10-5-4-9(19-2)7-11(10)16/h4-5,7,16H,3,6,8H2,1-2H3,(H,14,17)(H,15,18). The highest BCUT2D eigenvalue weighted by molar-refractivity contribution is 5.98. The molecule has 1 aromatic rings. The number of ether oxygens (including phenoxy) is 1. The van der Waals surface area contributed by atoms with Crippen LogP contribution in [-0.2, 0) is 4.79 Å². The van der Waals surface area contributed by atoms with Crippen LogP contribution in [0.15, 0.2) is 18.2 Å². The maximum atomic E-state index is 11.8. The van der Waals surface area contributed by atoms with Crippen molar-refractivity contribution in [1.29, 1.82) is 0 Å². The second-order valence-electron chi connectivity index (χ2n) is 3.92. The van der Waals surface area contributed by atoms with E-state index in [9.17, 15) is 14.7 Å². The van der Waals surface area contributed by atoms with Crippen molar-refractivity contribution in [3.05, 3.63) is 23.8 Å². The first-order valence-electron chi connectivity index (χ1n) is 6.00. The number of aromatic hydroxyl groups is 1. The van der Waals surface area contributed by atoms with Gasteiger partial charge in [-0.05, 0) is 18.6 Å². The van der Waals surface area contributed by atoms with E-state index in [1.54, 1.807) is 6.07 Å². The zero-order valence-electron chi connectivity index (χ0n) is 11.0. The van der Waals surface area contributed by atoms with Crippen LogP contribution < -0.4 is 15.4 Å². The fourth-order valence-corrected chi connectivity index (χ4v) is 1.41. The van der Waals surface area contributed by atoms with Crippen LogP contribution in [0.1, 0.15) is 23.7 Å². The molecule has 0 spiro atoms. The van der Waals surface area contributed by atoms with Crippen LogP contribution >= 0.6 is 0 Å². The maximum absolute atomic E-state index is 11.8. The Kier molecular flexibility index (Phi) is 5.66. The van der Waals surface area contributed by atoms with E-state index in [2.05, 4.69) is 10.6 Å². The first-order chi connectivity index (χ1) is 9.08. The Hall–Kier alpha value is -2.24. The summed E-state index contributed by atoms with van der Waals surface area (Å²) in [5.41, 5.74) is 0.101. The van der Waals surface area contributed by atoms with Gasteiger partial charge in [0.05, 0.1) is 19.2 Å². The molecule has 19 heavy (non-hydrogen) atoms. The van der Waals surface area contributed by atoms with Gasteiger partial charge < -0.3 is 20.5 Å². The van der Waals surface area contributed by atoms with E-state index in [0.717, 1.165) is 6.42 Å². The van der Waals surface area contributed by atoms with Gasteiger partial charge in [-0.2, -0.15) is 0 Å². The summed E-state index contributed by atoms with van der Waals surface area (Å²) in [6.45, 7) is 2.39. The Morgan fingerprint density at radius 3 is 2.63 bits per heavy atom. The number of benzene rings is 1. The van der Waals surface area contributed by atoms with E-state index in [1.807, 2.05) is 6.92 Å². The molecule has 0 radical (unpaired) electrons. The SMILES string of the molecule is CCCNC(=O)CNC(=O)c1ccc(OC)cc1O. The third-order valence-corrected chi connectivity index (χ3v) is 2.43. The van der Waals surface area contributed by atoms with Gasteiger partial charge in [0.25, 0.3) is 5.91 Å². The molecule has 0 heterocycles. The molecule has 0 aliphatic heterocycles. The number of carbonyl (C=O) groups excluding carboxylic acids is 2. The zero-order valence-corrected chi connectivity index (χ0v) is 11.0. The molecular weight excluding hydrogens is 248 g/mol. The van der Waals surface area contributed by atoms with Crippen LogP contribution in [0.25, 0.3) is 0 Å². The Labute approximate surface area is 111 Å². The molecule has 0 aromatic heterocycles. The molecular formula is C13H18N2O4. The van der Waals surface area contributed by atoms with Crippen LogP contribution in [0.3, 0.4) is 0 Å². The van der Waals surface area contributed by atoms with E-state index < -0.39 is 5.91 Å². The van der Waals surface area contributed by atoms with Gasteiger partial charge in [-0.1, -0.05) is 6.92 Å². The molecule has 0 atom stereocenters. The average Bonchev–Trinajstić information content (AvgIpc) is 2.42. The van der Waals surface area contributed by atoms with Crippen molar-refractivity contribution in [3.63, 3.8) is 0 Å². The molecule has 0 aliphatic rings. The van der Waals surface area contributed by atoms with Gasteiger partial charge in [-0.25, -0.2) is 0 Å². The fraction of sp³-hybridized carbons (Fsp3) is 0.385. The highest BCUT2D eigenvalue weighted by Crippen LogP contribution is 2.22. The number of nitrogens with one attached hydrogen (secondary N) is 2. The molecule has 3 N–H and O–H groups in total. The summed E-state index contributed by atoms with van der Waals surface area (Å²) in [5, 5.41) is 14.7. The fourth-order valence-electron chi connectivity index (χ4n) is 1.41. The number of hydrogen-bond acceptors (Lipinski definition) is 4. The van der Waals surface area contributed by atoms with Crippen LogP contribution in [-0.4, -0.2) is 37.1 Å². The van der Waals surface area contributed by atoms with E-state index >= 15 is 0 Å². The molecule has 1 aromatic carbocycles. The molecule has 0 saturated carbocycles. The minimum absolute atomic E-state index is 0.101. The molecule has 0 bridgehead atoms. The minimum atomic E-state index is -0.508. The lowest BCUT2D eigenvalue weighted by Crippen LogP contribution is -2.37. The van der Waals surface area contributed by atoms with Gasteiger partial charge in [0.1, 0.15) is 11.5 Å². The van der Waals surface area contributed by atoms with Crippen LogP contribution in [0.4, 0.5) is 0 Å². The summed E-state index contributed by atoms with van der Waals surface area (Å²) in [6.07, 6.45) is 0.832. The summed E-state index contributed by atoms with van der Waals surface area (Å²) in [4.78, 5) is 23.1. The Morgan fingerprint density at radius 2 is 2.05 bits per heavy atom. The largest absolute Gasteiger partial charge is 0.507 e. The van der Waals surface area contributed by atoms with E-state index in [1.165, 1.54) is 19.2 Å². The van der Waals surface area contributed by atoms with Crippen LogP contribution in [0, 0.1) is 0 Å². The molecule has 1 rings (SSSR count). The van der Waals surface area contributed by atoms with Gasteiger partial charge in [0.15, 0.2) is 0 Å². The number of phenolic OH excluding ortho intramolecular Hbond substituents is 1. The van der Waals surface area contributed by atoms with E-state index in [0.29, 0.717) is 12.3 Å². The van der Waals surface area contributed by atoms with Gasteiger partial charge in [-0.3, -0.25) is 9.59 Å². The monoisotopic (exact) mass is 266 g/mol. The Bertz CT molecular complexity index is 460. The molecule has 6 heteroatoms. The smallest absolute Gasteiger partial charge is 0.255 e. The molecule has 0 fully saturated rings. The maximum Gasteiger partial charge on any atom is 0.255 e. The molecule has 104 valence electrons. The summed E-state index contributed by atoms with van der Waals surface area (Å²) >= 11 is 0. The lowest BCUT2D eigenvalue weighted by molar-refractivity contribution is -0.120. The predicted octanol–water partition coefficient (Wildman–Crippen LogP) is 0.657. The minimum Gasteiger partial charge on any atom is -0.507 e. The van der Waals surface area contributed by atoms with Crippen molar-refractivity contribution < 1.29 is 19.4 Å². The normalized spacial score (nSPS) is 9.79. The second-order valence-corrected chi connectivity index (χ2v) is 3.92. The highest BCUT2D eigenvalue weighted by Gasteiger charge is 2.12. The topological polar surface area (TPSA) is 87.7 Å². The first-order valence-corrected chi connectivity index (χ1v) is 6.00. The molecule has 0 unspecified atom stereocenters. The number of methoxy groups -OCH3 is 1. The first kappa shape index (κ1) is 14.8. The average molecular weight is 266 g/mol. The van der Waals surface area contributed by atoms with E-state index in [-0.39, 0.29) is 23.8 Å². The van der Waals surface area contributed by atoms with Gasteiger partial charge in [0.2, 0.25) is 5.91 Å².